The molecule has 2 N–H and O–H groups in total. The summed E-state index contributed by atoms with van der Waals surface area (Å²) in [6.07, 6.45) is 0.236. The van der Waals surface area contributed by atoms with Crippen molar-refractivity contribution < 1.29 is 23.5 Å². The zero-order valence-corrected chi connectivity index (χ0v) is 15.6. The van der Waals surface area contributed by atoms with E-state index < -0.39 is 17.9 Å². The Labute approximate surface area is 166 Å². The monoisotopic (exact) mass is 395 g/mol. The number of amides is 4. The Morgan fingerprint density at radius 3 is 2.86 bits per heavy atom. The number of nitrogens with one attached hydrogen (secondary N) is 2. The lowest BCUT2D eigenvalue weighted by Gasteiger charge is -2.21. The third-order valence-corrected chi connectivity index (χ3v) is 4.35. The molecule has 2 aromatic rings. The van der Waals surface area contributed by atoms with Gasteiger partial charge in [-0.15, -0.1) is 0 Å². The number of fused-ring (bicyclic) bond motifs is 1. The normalized spacial score (nSPS) is 13.0. The fourth-order valence-corrected chi connectivity index (χ4v) is 2.94. The van der Waals surface area contributed by atoms with Crippen molar-refractivity contribution in [3.05, 3.63) is 65.0 Å². The highest BCUT2D eigenvalue weighted by Crippen LogP contribution is 2.26. The van der Waals surface area contributed by atoms with Crippen molar-refractivity contribution in [3.63, 3.8) is 0 Å². The molecule has 1 heterocycles. The van der Waals surface area contributed by atoms with Crippen LogP contribution in [-0.2, 0) is 11.3 Å². The highest BCUT2D eigenvalue weighted by molar-refractivity contribution is 5.98. The zero-order chi connectivity index (χ0) is 20.8. The summed E-state index contributed by atoms with van der Waals surface area (Å²) in [5.41, 5.74) is 1.51. The fourth-order valence-electron chi connectivity index (χ4n) is 2.94. The van der Waals surface area contributed by atoms with Gasteiger partial charge in [0, 0.05) is 12.1 Å². The van der Waals surface area contributed by atoms with Gasteiger partial charge < -0.3 is 15.0 Å². The maximum Gasteiger partial charge on any atom is 0.322 e. The topological polar surface area (TPSA) is 87.7 Å². The van der Waals surface area contributed by atoms with Gasteiger partial charge in [-0.2, -0.15) is 0 Å². The number of benzene rings is 2. The van der Waals surface area contributed by atoms with Crippen molar-refractivity contribution in [2.75, 3.05) is 13.7 Å². The third-order valence-electron chi connectivity index (χ3n) is 4.35. The first-order valence-electron chi connectivity index (χ1n) is 8.74. The smallest absolute Gasteiger partial charge is 0.322 e. The minimum Gasteiger partial charge on any atom is -0.497 e. The summed E-state index contributed by atoms with van der Waals surface area (Å²) in [6, 6.07) is 9.61. The van der Waals surface area contributed by atoms with Gasteiger partial charge in [0.1, 0.15) is 17.6 Å². The second-order valence-electron chi connectivity index (χ2n) is 6.25. The summed E-state index contributed by atoms with van der Waals surface area (Å²) in [5.74, 6) is 5.29. The number of hydrogen-bond donors (Lipinski definition) is 2. The Kier molecular flexibility index (Phi) is 6.09. The molecule has 0 fully saturated rings. The highest BCUT2D eigenvalue weighted by atomic mass is 19.1. The predicted molar refractivity (Wildman–Crippen MR) is 103 cm³/mol. The molecule has 0 spiro atoms. The van der Waals surface area contributed by atoms with Gasteiger partial charge >= 0.3 is 6.03 Å². The van der Waals surface area contributed by atoms with Crippen molar-refractivity contribution >= 4 is 18.3 Å². The Balaban J connectivity index is 1.80. The molecule has 1 aliphatic heterocycles. The van der Waals surface area contributed by atoms with E-state index in [9.17, 15) is 18.8 Å². The lowest BCUT2D eigenvalue weighted by molar-refractivity contribution is -0.108. The van der Waals surface area contributed by atoms with Gasteiger partial charge in [-0.1, -0.05) is 30.0 Å². The first kappa shape index (κ1) is 19.9. The second kappa shape index (κ2) is 8.89. The van der Waals surface area contributed by atoms with Crippen LogP contribution in [0, 0.1) is 17.7 Å². The van der Waals surface area contributed by atoms with E-state index in [1.807, 2.05) is 5.32 Å². The lowest BCUT2D eigenvalue weighted by atomic mass is 10.1. The molecule has 4 amide bonds. The van der Waals surface area contributed by atoms with Gasteiger partial charge in [-0.25, -0.2) is 9.18 Å². The number of nitrogens with zero attached hydrogens (tertiary/aromatic N) is 1. The Morgan fingerprint density at radius 1 is 1.34 bits per heavy atom. The molecule has 8 heteroatoms. The Hall–Kier alpha value is -3.86. The molecular formula is C21H18FN3O4. The van der Waals surface area contributed by atoms with Crippen LogP contribution in [0.25, 0.3) is 0 Å². The van der Waals surface area contributed by atoms with Crippen LogP contribution in [-0.4, -0.2) is 42.9 Å². The average Bonchev–Trinajstić information content (AvgIpc) is 3.02. The predicted octanol–water partition coefficient (Wildman–Crippen LogP) is 1.67. The van der Waals surface area contributed by atoms with E-state index in [0.717, 1.165) is 5.56 Å². The SMILES string of the molecule is COc1ccc2c(c1)C(=O)N(C[C@@H](C#Cc1ccccc1F)NC(=O)NC=O)C2. The van der Waals surface area contributed by atoms with Crippen LogP contribution >= 0.6 is 0 Å². The van der Waals surface area contributed by atoms with E-state index in [2.05, 4.69) is 17.2 Å². The summed E-state index contributed by atoms with van der Waals surface area (Å²) in [7, 11) is 1.52. The summed E-state index contributed by atoms with van der Waals surface area (Å²) in [4.78, 5) is 36.5. The van der Waals surface area contributed by atoms with Gasteiger partial charge in [-0.05, 0) is 29.8 Å². The van der Waals surface area contributed by atoms with Crippen LogP contribution in [0.4, 0.5) is 9.18 Å². The molecule has 0 bridgehead atoms. The number of carbonyl (C=O) groups is 3. The van der Waals surface area contributed by atoms with Crippen LogP contribution < -0.4 is 15.4 Å². The van der Waals surface area contributed by atoms with Crippen molar-refractivity contribution in [2.24, 2.45) is 0 Å². The van der Waals surface area contributed by atoms with Gasteiger partial charge in [-0.3, -0.25) is 14.9 Å². The van der Waals surface area contributed by atoms with Crippen molar-refractivity contribution in [1.29, 1.82) is 0 Å². The van der Waals surface area contributed by atoms with Gasteiger partial charge in [0.25, 0.3) is 5.91 Å². The number of rotatable bonds is 5. The molecule has 1 aliphatic rings. The molecule has 7 nitrogen and oxygen atoms in total. The highest BCUT2D eigenvalue weighted by Gasteiger charge is 2.29. The van der Waals surface area contributed by atoms with Gasteiger partial charge in [0.15, 0.2) is 0 Å². The van der Waals surface area contributed by atoms with Crippen LogP contribution in [0.2, 0.25) is 0 Å². The molecule has 1 atom stereocenters. The molecule has 0 unspecified atom stereocenters. The van der Waals surface area contributed by atoms with Crippen LogP contribution in [0.3, 0.4) is 0 Å². The quantitative estimate of drug-likeness (QED) is 0.596. The minimum absolute atomic E-state index is 0.0591. The molecular weight excluding hydrogens is 377 g/mol. The summed E-state index contributed by atoms with van der Waals surface area (Å²) < 4.78 is 19.0. The van der Waals surface area contributed by atoms with E-state index in [0.29, 0.717) is 17.9 Å². The van der Waals surface area contributed by atoms with E-state index in [-0.39, 0.29) is 24.4 Å². The zero-order valence-electron chi connectivity index (χ0n) is 15.6. The van der Waals surface area contributed by atoms with E-state index in [1.165, 1.54) is 24.1 Å². The molecule has 29 heavy (non-hydrogen) atoms. The van der Waals surface area contributed by atoms with Crippen LogP contribution in [0.5, 0.6) is 5.75 Å². The van der Waals surface area contributed by atoms with Gasteiger partial charge in [0.2, 0.25) is 6.41 Å². The standard InChI is InChI=1S/C21H18FN3O4/c1-29-17-9-7-15-11-25(20(27)18(15)10-17)12-16(24-21(28)23-13-26)8-6-14-4-2-3-5-19(14)22/h2-5,7,9-10,13,16H,11-12H2,1H3,(H2,23,24,26,28)/t16-/m1/s1. The van der Waals surface area contributed by atoms with Crippen LogP contribution in [0.15, 0.2) is 42.5 Å². The van der Waals surface area contributed by atoms with E-state index in [4.69, 9.17) is 4.74 Å². The first-order valence-corrected chi connectivity index (χ1v) is 8.74. The fraction of sp³-hybridized carbons (Fsp3) is 0.190. The summed E-state index contributed by atoms with van der Waals surface area (Å²) in [6.45, 7) is 0.399. The summed E-state index contributed by atoms with van der Waals surface area (Å²) >= 11 is 0. The number of hydrogen-bond acceptors (Lipinski definition) is 4. The first-order chi connectivity index (χ1) is 14.0. The minimum atomic E-state index is -0.824. The molecule has 0 radical (unpaired) electrons. The van der Waals surface area contributed by atoms with Crippen molar-refractivity contribution in [1.82, 2.24) is 15.5 Å². The molecule has 0 aliphatic carbocycles. The number of imide groups is 1. The van der Waals surface area contributed by atoms with E-state index >= 15 is 0 Å². The number of halogens is 1. The number of ether oxygens (including phenoxy) is 1. The third kappa shape index (κ3) is 4.71. The largest absolute Gasteiger partial charge is 0.497 e. The Morgan fingerprint density at radius 2 is 2.14 bits per heavy atom. The van der Waals surface area contributed by atoms with Crippen molar-refractivity contribution in [2.45, 2.75) is 12.6 Å². The Bertz CT molecular complexity index is 1010. The molecule has 0 saturated carbocycles. The van der Waals surface area contributed by atoms with Gasteiger partial charge in [0.05, 0.1) is 19.2 Å². The number of carbonyl (C=O) groups excluding carboxylic acids is 3. The molecule has 2 aromatic carbocycles. The number of urea groups is 1. The average molecular weight is 395 g/mol. The van der Waals surface area contributed by atoms with Crippen LogP contribution in [0.1, 0.15) is 21.5 Å². The lowest BCUT2D eigenvalue weighted by Crippen LogP contribution is -2.46. The van der Waals surface area contributed by atoms with Crippen molar-refractivity contribution in [3.8, 4) is 17.6 Å². The molecule has 0 saturated heterocycles. The summed E-state index contributed by atoms with van der Waals surface area (Å²) in [5, 5.41) is 4.47. The number of methoxy groups -OCH3 is 1. The second-order valence-corrected chi connectivity index (χ2v) is 6.25. The molecule has 148 valence electrons. The molecule has 3 rings (SSSR count). The molecule has 0 aromatic heterocycles. The maximum absolute atomic E-state index is 13.8. The maximum atomic E-state index is 13.8. The van der Waals surface area contributed by atoms with E-state index in [1.54, 1.807) is 30.3 Å².